The molecule has 1 aromatic heterocycles. The molecular formula is C15H23N3O3S. The van der Waals surface area contributed by atoms with Gasteiger partial charge in [-0.25, -0.2) is 4.98 Å². The number of amides is 1. The molecule has 2 aliphatic rings. The zero-order chi connectivity index (χ0) is 15.5. The predicted octanol–water partition coefficient (Wildman–Crippen LogP) is 0.961. The fraction of sp³-hybridized carbons (Fsp3) is 0.733. The van der Waals surface area contributed by atoms with Crippen LogP contribution in [-0.2, 0) is 11.3 Å². The van der Waals surface area contributed by atoms with Crippen LogP contribution in [0.4, 0.5) is 0 Å². The molecule has 1 N–H and O–H groups in total. The lowest BCUT2D eigenvalue weighted by molar-refractivity contribution is 0.0313. The van der Waals surface area contributed by atoms with E-state index in [1.807, 2.05) is 10.3 Å². The number of piperazine rings is 1. The van der Waals surface area contributed by atoms with Crippen molar-refractivity contribution in [2.24, 2.45) is 0 Å². The summed E-state index contributed by atoms with van der Waals surface area (Å²) in [7, 11) is 1.62. The molecule has 122 valence electrons. The Morgan fingerprint density at radius 2 is 2.18 bits per heavy atom. The van der Waals surface area contributed by atoms with E-state index in [0.29, 0.717) is 25.4 Å². The first-order valence-corrected chi connectivity index (χ1v) is 8.71. The van der Waals surface area contributed by atoms with Crippen LogP contribution in [-0.4, -0.2) is 71.2 Å². The Kier molecular flexibility index (Phi) is 5.07. The summed E-state index contributed by atoms with van der Waals surface area (Å²) >= 11 is 1.46. The van der Waals surface area contributed by atoms with Crippen molar-refractivity contribution in [1.29, 1.82) is 0 Å². The number of rotatable bonds is 4. The molecule has 1 saturated heterocycles. The van der Waals surface area contributed by atoms with Crippen LogP contribution in [0.2, 0.25) is 0 Å². The first-order valence-electron chi connectivity index (χ1n) is 7.84. The van der Waals surface area contributed by atoms with Gasteiger partial charge in [-0.1, -0.05) is 0 Å². The number of hydrogen-bond acceptors (Lipinski definition) is 6. The van der Waals surface area contributed by atoms with Crippen molar-refractivity contribution in [3.05, 3.63) is 16.1 Å². The first-order chi connectivity index (χ1) is 10.7. The molecule has 1 aliphatic carbocycles. The third kappa shape index (κ3) is 3.32. The molecule has 7 heteroatoms. The van der Waals surface area contributed by atoms with Crippen molar-refractivity contribution in [3.8, 4) is 0 Å². The molecule has 0 spiro atoms. The molecule has 22 heavy (non-hydrogen) atoms. The maximum Gasteiger partial charge on any atom is 0.273 e. The van der Waals surface area contributed by atoms with Crippen molar-refractivity contribution in [2.45, 2.75) is 38.0 Å². The number of thiazole rings is 1. The Hall–Kier alpha value is -1.02. The molecule has 0 unspecified atom stereocenters. The smallest absolute Gasteiger partial charge is 0.273 e. The molecular weight excluding hydrogens is 302 g/mol. The van der Waals surface area contributed by atoms with E-state index < -0.39 is 0 Å². The normalized spacial score (nSPS) is 26.5. The van der Waals surface area contributed by atoms with Crippen LogP contribution >= 0.6 is 11.3 Å². The summed E-state index contributed by atoms with van der Waals surface area (Å²) < 4.78 is 5.04. The minimum atomic E-state index is -0.197. The maximum absolute atomic E-state index is 12.5. The Balaban J connectivity index is 1.55. The lowest BCUT2D eigenvalue weighted by atomic mass is 10.1. The van der Waals surface area contributed by atoms with Crippen LogP contribution in [0.15, 0.2) is 5.38 Å². The molecule has 3 rings (SSSR count). The van der Waals surface area contributed by atoms with E-state index in [4.69, 9.17) is 4.74 Å². The lowest BCUT2D eigenvalue weighted by Gasteiger charge is -2.38. The van der Waals surface area contributed by atoms with Crippen molar-refractivity contribution in [3.63, 3.8) is 0 Å². The Morgan fingerprint density at radius 3 is 2.82 bits per heavy atom. The minimum Gasteiger partial charge on any atom is -0.391 e. The highest BCUT2D eigenvalue weighted by molar-refractivity contribution is 7.09. The molecule has 1 aliphatic heterocycles. The summed E-state index contributed by atoms with van der Waals surface area (Å²) in [5.74, 6) is 0.00484. The zero-order valence-corrected chi connectivity index (χ0v) is 13.7. The average Bonchev–Trinajstić information content (AvgIpc) is 3.16. The fourth-order valence-electron chi connectivity index (χ4n) is 3.36. The molecule has 1 saturated carbocycles. The molecule has 6 nitrogen and oxygen atoms in total. The summed E-state index contributed by atoms with van der Waals surface area (Å²) in [5.41, 5.74) is 0.520. The SMILES string of the molecule is COCc1nc(C(=O)N2CCN([C@H]3CCC[C@@H]3O)CC2)cs1. The quantitative estimate of drug-likeness (QED) is 0.893. The summed E-state index contributed by atoms with van der Waals surface area (Å²) in [6.07, 6.45) is 2.89. The third-order valence-corrected chi connectivity index (χ3v) is 5.38. The molecule has 2 fully saturated rings. The second kappa shape index (κ2) is 7.04. The predicted molar refractivity (Wildman–Crippen MR) is 83.9 cm³/mol. The molecule has 2 heterocycles. The van der Waals surface area contributed by atoms with Gasteiger partial charge in [0, 0.05) is 44.7 Å². The van der Waals surface area contributed by atoms with Crippen LogP contribution in [0, 0.1) is 0 Å². The van der Waals surface area contributed by atoms with Gasteiger partial charge < -0.3 is 14.7 Å². The van der Waals surface area contributed by atoms with Gasteiger partial charge in [-0.3, -0.25) is 9.69 Å². The van der Waals surface area contributed by atoms with E-state index in [1.165, 1.54) is 11.3 Å². The summed E-state index contributed by atoms with van der Waals surface area (Å²) in [6, 6.07) is 0.282. The molecule has 0 radical (unpaired) electrons. The van der Waals surface area contributed by atoms with Gasteiger partial charge in [0.1, 0.15) is 10.7 Å². The summed E-state index contributed by atoms with van der Waals surface area (Å²) in [4.78, 5) is 21.0. The molecule has 2 atom stereocenters. The van der Waals surface area contributed by atoms with Gasteiger partial charge >= 0.3 is 0 Å². The van der Waals surface area contributed by atoms with Gasteiger partial charge in [-0.15, -0.1) is 11.3 Å². The zero-order valence-electron chi connectivity index (χ0n) is 12.9. The number of ether oxygens (including phenoxy) is 1. The van der Waals surface area contributed by atoms with E-state index in [9.17, 15) is 9.90 Å². The van der Waals surface area contributed by atoms with E-state index in [2.05, 4.69) is 9.88 Å². The van der Waals surface area contributed by atoms with E-state index >= 15 is 0 Å². The monoisotopic (exact) mass is 325 g/mol. The maximum atomic E-state index is 12.5. The van der Waals surface area contributed by atoms with E-state index in [-0.39, 0.29) is 18.1 Å². The van der Waals surface area contributed by atoms with Crippen molar-refractivity contribution < 1.29 is 14.6 Å². The van der Waals surface area contributed by atoms with Gasteiger partial charge in [-0.05, 0) is 19.3 Å². The highest BCUT2D eigenvalue weighted by atomic mass is 32.1. The van der Waals surface area contributed by atoms with Crippen LogP contribution in [0.3, 0.4) is 0 Å². The molecule has 0 bridgehead atoms. The largest absolute Gasteiger partial charge is 0.391 e. The van der Waals surface area contributed by atoms with E-state index in [1.54, 1.807) is 7.11 Å². The highest BCUT2D eigenvalue weighted by Crippen LogP contribution is 2.25. The van der Waals surface area contributed by atoms with Crippen LogP contribution in [0.1, 0.15) is 34.8 Å². The fourth-order valence-corrected chi connectivity index (χ4v) is 4.10. The molecule has 1 amide bonds. The van der Waals surface area contributed by atoms with Crippen molar-refractivity contribution >= 4 is 17.2 Å². The third-order valence-electron chi connectivity index (χ3n) is 4.55. The highest BCUT2D eigenvalue weighted by Gasteiger charge is 2.33. The number of nitrogens with zero attached hydrogens (tertiary/aromatic N) is 3. The molecule has 1 aromatic rings. The van der Waals surface area contributed by atoms with Crippen molar-refractivity contribution in [2.75, 3.05) is 33.3 Å². The molecule has 0 aromatic carbocycles. The first kappa shape index (κ1) is 15.9. The van der Waals surface area contributed by atoms with Crippen LogP contribution < -0.4 is 0 Å². The summed E-state index contributed by atoms with van der Waals surface area (Å²) in [6.45, 7) is 3.54. The number of aliphatic hydroxyl groups is 1. The number of aromatic nitrogens is 1. The topological polar surface area (TPSA) is 65.9 Å². The minimum absolute atomic E-state index is 0.00484. The van der Waals surface area contributed by atoms with Gasteiger partial charge in [0.25, 0.3) is 5.91 Å². The van der Waals surface area contributed by atoms with Crippen LogP contribution in [0.25, 0.3) is 0 Å². The van der Waals surface area contributed by atoms with E-state index in [0.717, 1.165) is 37.4 Å². The second-order valence-corrected chi connectivity index (χ2v) is 6.90. The van der Waals surface area contributed by atoms with Gasteiger partial charge in [0.2, 0.25) is 0 Å². The number of carbonyl (C=O) groups excluding carboxylic acids is 1. The Labute approximate surface area is 134 Å². The average molecular weight is 325 g/mol. The van der Waals surface area contributed by atoms with Gasteiger partial charge in [-0.2, -0.15) is 0 Å². The Bertz CT molecular complexity index is 514. The number of hydrogen-bond donors (Lipinski definition) is 1. The summed E-state index contributed by atoms with van der Waals surface area (Å²) in [5, 5.41) is 12.6. The van der Waals surface area contributed by atoms with Crippen molar-refractivity contribution in [1.82, 2.24) is 14.8 Å². The lowest BCUT2D eigenvalue weighted by Crippen LogP contribution is -2.53. The van der Waals surface area contributed by atoms with Crippen LogP contribution in [0.5, 0.6) is 0 Å². The number of carbonyl (C=O) groups is 1. The Morgan fingerprint density at radius 1 is 1.41 bits per heavy atom. The second-order valence-electron chi connectivity index (χ2n) is 5.95. The number of aliphatic hydroxyl groups excluding tert-OH is 1. The van der Waals surface area contributed by atoms with Gasteiger partial charge in [0.15, 0.2) is 0 Å². The van der Waals surface area contributed by atoms with Gasteiger partial charge in [0.05, 0.1) is 12.7 Å². The number of methoxy groups -OCH3 is 1. The standard InChI is InChI=1S/C15H23N3O3S/c1-21-9-14-16-11(10-22-14)15(20)18-7-5-17(6-8-18)12-3-2-4-13(12)19/h10,12-13,19H,2-9H2,1H3/t12-,13-/m0/s1.